The van der Waals surface area contributed by atoms with Gasteiger partial charge in [-0.2, -0.15) is 0 Å². The molecule has 0 saturated heterocycles. The third-order valence-corrected chi connectivity index (χ3v) is 2.87. The Labute approximate surface area is 98.0 Å². The number of nitro groups is 1. The van der Waals surface area contributed by atoms with E-state index in [1.165, 1.54) is 6.07 Å². The summed E-state index contributed by atoms with van der Waals surface area (Å²) < 4.78 is 0. The first-order valence-electron chi connectivity index (χ1n) is 5.32. The molecule has 7 nitrogen and oxygen atoms in total. The Morgan fingerprint density at radius 1 is 1.59 bits per heavy atom. The molecule has 0 atom stereocenters. The van der Waals surface area contributed by atoms with E-state index >= 15 is 0 Å². The van der Waals surface area contributed by atoms with Gasteiger partial charge in [-0.05, 0) is 18.9 Å². The van der Waals surface area contributed by atoms with Gasteiger partial charge in [0.05, 0.1) is 17.1 Å². The first kappa shape index (κ1) is 11.6. The molecule has 1 aliphatic rings. The molecule has 1 aromatic heterocycles. The molecule has 0 amide bonds. The maximum atomic E-state index is 10.9. The highest BCUT2D eigenvalue weighted by molar-refractivity contribution is 5.62. The second-order valence-electron chi connectivity index (χ2n) is 4.13. The molecule has 0 aliphatic heterocycles. The third-order valence-electron chi connectivity index (χ3n) is 2.87. The van der Waals surface area contributed by atoms with Crippen LogP contribution in [0.1, 0.15) is 12.8 Å². The Hall–Kier alpha value is -1.89. The first-order chi connectivity index (χ1) is 8.10. The van der Waals surface area contributed by atoms with E-state index in [-0.39, 0.29) is 18.1 Å². The summed E-state index contributed by atoms with van der Waals surface area (Å²) >= 11 is 0. The monoisotopic (exact) mass is 238 g/mol. The average Bonchev–Trinajstić information content (AvgIpc) is 3.09. The Kier molecular flexibility index (Phi) is 2.84. The Bertz CT molecular complexity index is 445. The van der Waals surface area contributed by atoms with Crippen LogP contribution in [0, 0.1) is 10.1 Å². The summed E-state index contributed by atoms with van der Waals surface area (Å²) in [6, 6.07) is 2.94. The van der Waals surface area contributed by atoms with Crippen molar-refractivity contribution in [3.05, 3.63) is 22.2 Å². The number of nitrogens with zero attached hydrogens (tertiary/aromatic N) is 2. The van der Waals surface area contributed by atoms with Crippen molar-refractivity contribution >= 4 is 17.3 Å². The van der Waals surface area contributed by atoms with Crippen LogP contribution in [0.15, 0.2) is 12.1 Å². The van der Waals surface area contributed by atoms with Crippen molar-refractivity contribution in [2.24, 2.45) is 0 Å². The van der Waals surface area contributed by atoms with Crippen LogP contribution in [0.2, 0.25) is 0 Å². The zero-order valence-electron chi connectivity index (χ0n) is 9.43. The molecule has 0 aromatic carbocycles. The zero-order valence-corrected chi connectivity index (χ0v) is 9.43. The van der Waals surface area contributed by atoms with Gasteiger partial charge in [0.15, 0.2) is 0 Å². The van der Waals surface area contributed by atoms with Crippen LogP contribution in [0.5, 0.6) is 0 Å². The van der Waals surface area contributed by atoms with E-state index in [0.29, 0.717) is 5.82 Å². The number of rotatable bonds is 5. The molecule has 1 saturated carbocycles. The van der Waals surface area contributed by atoms with Crippen LogP contribution in [0.3, 0.4) is 0 Å². The van der Waals surface area contributed by atoms with Crippen molar-refractivity contribution in [3.63, 3.8) is 0 Å². The van der Waals surface area contributed by atoms with E-state index in [2.05, 4.69) is 15.6 Å². The molecule has 92 valence electrons. The van der Waals surface area contributed by atoms with Crippen LogP contribution in [-0.2, 0) is 0 Å². The molecule has 1 aromatic rings. The quantitative estimate of drug-likeness (QED) is 0.522. The molecular weight excluding hydrogens is 224 g/mol. The summed E-state index contributed by atoms with van der Waals surface area (Å²) in [6.07, 6.45) is 1.60. The van der Waals surface area contributed by atoms with E-state index in [0.717, 1.165) is 12.8 Å². The minimum atomic E-state index is -0.484. The molecule has 0 spiro atoms. The number of hydrogen-bond acceptors (Lipinski definition) is 6. The van der Waals surface area contributed by atoms with Gasteiger partial charge in [0.2, 0.25) is 5.82 Å². The molecule has 1 fully saturated rings. The zero-order chi connectivity index (χ0) is 12.5. The lowest BCUT2D eigenvalue weighted by molar-refractivity contribution is -0.384. The molecule has 1 aliphatic carbocycles. The number of nitrogens with one attached hydrogen (secondary N) is 2. The van der Waals surface area contributed by atoms with Crippen molar-refractivity contribution in [1.29, 1.82) is 0 Å². The lowest BCUT2D eigenvalue weighted by Crippen LogP contribution is -2.26. The van der Waals surface area contributed by atoms with Gasteiger partial charge in [-0.1, -0.05) is 0 Å². The van der Waals surface area contributed by atoms with Crippen molar-refractivity contribution < 1.29 is 10.0 Å². The predicted molar refractivity (Wildman–Crippen MR) is 63.1 cm³/mol. The van der Waals surface area contributed by atoms with Gasteiger partial charge in [0.25, 0.3) is 0 Å². The molecule has 7 heteroatoms. The fraction of sp³-hybridized carbons (Fsp3) is 0.500. The highest BCUT2D eigenvalue weighted by Gasteiger charge is 2.43. The van der Waals surface area contributed by atoms with Gasteiger partial charge in [-0.25, -0.2) is 4.98 Å². The molecule has 0 radical (unpaired) electrons. The lowest BCUT2D eigenvalue weighted by atomic mass is 10.2. The topological polar surface area (TPSA) is 100 Å². The lowest BCUT2D eigenvalue weighted by Gasteiger charge is -2.15. The standard InChI is InChI=1S/C10H14N4O3/c1-11-8-3-2-7(14(16)17)9(12-8)13-10(6-15)4-5-10/h2-3,15H,4-6H2,1H3,(H2,11,12,13). The summed E-state index contributed by atoms with van der Waals surface area (Å²) in [4.78, 5) is 14.5. The molecule has 0 unspecified atom stereocenters. The van der Waals surface area contributed by atoms with Gasteiger partial charge in [-0.15, -0.1) is 0 Å². The number of aliphatic hydroxyl groups is 1. The van der Waals surface area contributed by atoms with Crippen LogP contribution in [0.4, 0.5) is 17.3 Å². The minimum absolute atomic E-state index is 0.0460. The van der Waals surface area contributed by atoms with Gasteiger partial charge in [0, 0.05) is 13.1 Å². The van der Waals surface area contributed by atoms with E-state index < -0.39 is 10.5 Å². The number of pyridine rings is 1. The second kappa shape index (κ2) is 4.17. The first-order valence-corrected chi connectivity index (χ1v) is 5.32. The predicted octanol–water partition coefficient (Wildman–Crippen LogP) is 0.968. The van der Waals surface area contributed by atoms with Crippen molar-refractivity contribution in [2.45, 2.75) is 18.4 Å². The number of aliphatic hydroxyl groups excluding tert-OH is 1. The van der Waals surface area contributed by atoms with Crippen molar-refractivity contribution in [1.82, 2.24) is 4.98 Å². The van der Waals surface area contributed by atoms with Gasteiger partial charge in [0.1, 0.15) is 5.82 Å². The molecule has 17 heavy (non-hydrogen) atoms. The van der Waals surface area contributed by atoms with E-state index in [1.54, 1.807) is 13.1 Å². The Morgan fingerprint density at radius 3 is 2.76 bits per heavy atom. The summed E-state index contributed by atoms with van der Waals surface area (Å²) in [5.74, 6) is 0.750. The number of hydrogen-bond donors (Lipinski definition) is 3. The largest absolute Gasteiger partial charge is 0.394 e. The van der Waals surface area contributed by atoms with Crippen LogP contribution >= 0.6 is 0 Å². The second-order valence-corrected chi connectivity index (χ2v) is 4.13. The minimum Gasteiger partial charge on any atom is -0.394 e. The summed E-state index contributed by atoms with van der Waals surface area (Å²) in [5, 5.41) is 25.8. The van der Waals surface area contributed by atoms with Crippen molar-refractivity contribution in [3.8, 4) is 0 Å². The maximum absolute atomic E-state index is 10.9. The Balaban J connectivity index is 2.31. The van der Waals surface area contributed by atoms with Crippen molar-refractivity contribution in [2.75, 3.05) is 24.3 Å². The summed E-state index contributed by atoms with van der Waals surface area (Å²) in [5.41, 5.74) is -0.506. The normalized spacial score (nSPS) is 16.4. The molecule has 1 heterocycles. The Morgan fingerprint density at radius 2 is 2.29 bits per heavy atom. The number of anilines is 2. The summed E-state index contributed by atoms with van der Waals surface area (Å²) in [6.45, 7) is -0.0460. The van der Waals surface area contributed by atoms with Crippen LogP contribution < -0.4 is 10.6 Å². The molecule has 2 rings (SSSR count). The third kappa shape index (κ3) is 2.28. The molecule has 3 N–H and O–H groups in total. The van der Waals surface area contributed by atoms with E-state index in [9.17, 15) is 15.2 Å². The van der Waals surface area contributed by atoms with Gasteiger partial charge < -0.3 is 15.7 Å². The molecule has 0 bridgehead atoms. The van der Waals surface area contributed by atoms with E-state index in [4.69, 9.17) is 0 Å². The smallest absolute Gasteiger partial charge is 0.311 e. The fourth-order valence-corrected chi connectivity index (χ4v) is 1.56. The highest BCUT2D eigenvalue weighted by atomic mass is 16.6. The van der Waals surface area contributed by atoms with Crippen LogP contribution in [0.25, 0.3) is 0 Å². The summed E-state index contributed by atoms with van der Waals surface area (Å²) in [7, 11) is 1.69. The number of aromatic nitrogens is 1. The van der Waals surface area contributed by atoms with Gasteiger partial charge >= 0.3 is 5.69 Å². The average molecular weight is 238 g/mol. The van der Waals surface area contributed by atoms with E-state index in [1.807, 2.05) is 0 Å². The highest BCUT2D eigenvalue weighted by Crippen LogP contribution is 2.40. The fourth-order valence-electron chi connectivity index (χ4n) is 1.56. The molecular formula is C10H14N4O3. The SMILES string of the molecule is CNc1ccc([N+](=O)[O-])c(NC2(CO)CC2)n1. The van der Waals surface area contributed by atoms with Gasteiger partial charge in [-0.3, -0.25) is 10.1 Å². The maximum Gasteiger partial charge on any atom is 0.311 e. The van der Waals surface area contributed by atoms with Crippen LogP contribution in [-0.4, -0.2) is 34.2 Å².